The molecule has 0 spiro atoms. The lowest BCUT2D eigenvalue weighted by atomic mass is 10.1. The molecule has 2 amide bonds. The maximum absolute atomic E-state index is 12.6. The highest BCUT2D eigenvalue weighted by molar-refractivity contribution is 6.00. The summed E-state index contributed by atoms with van der Waals surface area (Å²) >= 11 is 0. The van der Waals surface area contributed by atoms with E-state index >= 15 is 0 Å². The van der Waals surface area contributed by atoms with E-state index in [-0.39, 0.29) is 24.2 Å². The van der Waals surface area contributed by atoms with Gasteiger partial charge in [0.05, 0.1) is 20.1 Å². The van der Waals surface area contributed by atoms with Gasteiger partial charge in [-0.3, -0.25) is 9.59 Å². The normalized spacial score (nSPS) is 16.3. The zero-order chi connectivity index (χ0) is 19.4. The lowest BCUT2D eigenvalue weighted by Crippen LogP contribution is -2.32. The highest BCUT2D eigenvalue weighted by atomic mass is 16.5. The number of benzene rings is 2. The van der Waals surface area contributed by atoms with Crippen LogP contribution in [0.15, 0.2) is 42.5 Å². The molecule has 142 valence electrons. The first kappa shape index (κ1) is 18.8. The summed E-state index contributed by atoms with van der Waals surface area (Å²) in [7, 11) is 3.17. The van der Waals surface area contributed by atoms with E-state index in [4.69, 9.17) is 9.47 Å². The minimum absolute atomic E-state index is 0.0259. The van der Waals surface area contributed by atoms with Gasteiger partial charge >= 0.3 is 0 Å². The van der Waals surface area contributed by atoms with Crippen LogP contribution >= 0.6 is 0 Å². The number of aryl methyl sites for hydroxylation is 1. The highest BCUT2D eigenvalue weighted by Crippen LogP contribution is 2.26. The fourth-order valence-electron chi connectivity index (χ4n) is 3.16. The summed E-state index contributed by atoms with van der Waals surface area (Å²) in [4.78, 5) is 26.6. The van der Waals surface area contributed by atoms with Crippen LogP contribution in [0.1, 0.15) is 17.5 Å². The topological polar surface area (TPSA) is 67.9 Å². The number of amides is 2. The maximum Gasteiger partial charge on any atom is 0.227 e. The molecule has 3 rings (SSSR count). The number of hydrogen-bond donors (Lipinski definition) is 1. The number of ether oxygens (including phenoxy) is 2. The maximum atomic E-state index is 12.6. The smallest absolute Gasteiger partial charge is 0.227 e. The largest absolute Gasteiger partial charge is 0.497 e. The fraction of sp³-hybridized carbons (Fsp3) is 0.333. The van der Waals surface area contributed by atoms with Crippen LogP contribution in [0.3, 0.4) is 0 Å². The molecule has 27 heavy (non-hydrogen) atoms. The lowest BCUT2D eigenvalue weighted by molar-refractivity contribution is -0.126. The molecule has 1 N–H and O–H groups in total. The predicted molar refractivity (Wildman–Crippen MR) is 103 cm³/mol. The van der Waals surface area contributed by atoms with Crippen LogP contribution in [0.5, 0.6) is 11.5 Å². The summed E-state index contributed by atoms with van der Waals surface area (Å²) in [5.41, 5.74) is 2.84. The van der Waals surface area contributed by atoms with Crippen molar-refractivity contribution in [3.05, 3.63) is 53.6 Å². The van der Waals surface area contributed by atoms with E-state index in [1.54, 1.807) is 25.2 Å². The summed E-state index contributed by atoms with van der Waals surface area (Å²) in [5.74, 6) is 0.827. The van der Waals surface area contributed by atoms with E-state index in [1.807, 2.05) is 43.3 Å². The fourth-order valence-corrected chi connectivity index (χ4v) is 3.16. The van der Waals surface area contributed by atoms with Gasteiger partial charge in [0, 0.05) is 31.3 Å². The van der Waals surface area contributed by atoms with E-state index in [0.29, 0.717) is 24.6 Å². The molecule has 0 bridgehead atoms. The second kappa shape index (κ2) is 8.12. The van der Waals surface area contributed by atoms with E-state index in [1.165, 1.54) is 0 Å². The molecule has 0 aliphatic carbocycles. The zero-order valence-corrected chi connectivity index (χ0v) is 15.8. The molecule has 1 heterocycles. The number of nitrogens with one attached hydrogen (secondary N) is 1. The van der Waals surface area contributed by atoms with Crippen molar-refractivity contribution >= 4 is 17.5 Å². The van der Waals surface area contributed by atoms with Crippen molar-refractivity contribution in [2.45, 2.75) is 19.9 Å². The summed E-state index contributed by atoms with van der Waals surface area (Å²) in [6, 6.07) is 13.2. The summed E-state index contributed by atoms with van der Waals surface area (Å²) in [6.45, 7) is 2.75. The van der Waals surface area contributed by atoms with Crippen molar-refractivity contribution in [2.75, 3.05) is 25.7 Å². The van der Waals surface area contributed by atoms with Crippen LogP contribution in [0, 0.1) is 12.8 Å². The lowest BCUT2D eigenvalue weighted by Gasteiger charge is -2.17. The van der Waals surface area contributed by atoms with Crippen LogP contribution in [-0.2, 0) is 16.1 Å². The molecule has 6 heteroatoms. The first-order chi connectivity index (χ1) is 13.0. The summed E-state index contributed by atoms with van der Waals surface area (Å²) in [6.07, 6.45) is 0.223. The second-order valence-corrected chi connectivity index (χ2v) is 6.68. The van der Waals surface area contributed by atoms with Crippen LogP contribution in [0.25, 0.3) is 0 Å². The standard InChI is InChI=1S/C21H24N2O4/c1-14-4-6-17(7-5-14)23-13-16(10-20(23)24)21(25)22-12-15-8-18(26-2)11-19(9-15)27-3/h4-9,11,16H,10,12-13H2,1-3H3,(H,22,25). The molecular weight excluding hydrogens is 344 g/mol. The van der Waals surface area contributed by atoms with E-state index in [9.17, 15) is 9.59 Å². The van der Waals surface area contributed by atoms with Gasteiger partial charge < -0.3 is 19.7 Å². The third-order valence-electron chi connectivity index (χ3n) is 4.72. The number of carbonyl (C=O) groups excluding carboxylic acids is 2. The number of hydrogen-bond acceptors (Lipinski definition) is 4. The van der Waals surface area contributed by atoms with E-state index < -0.39 is 0 Å². The Bertz CT molecular complexity index is 810. The minimum Gasteiger partial charge on any atom is -0.497 e. The third kappa shape index (κ3) is 4.39. The third-order valence-corrected chi connectivity index (χ3v) is 4.72. The van der Waals surface area contributed by atoms with Crippen LogP contribution in [0.2, 0.25) is 0 Å². The number of methoxy groups -OCH3 is 2. The average Bonchev–Trinajstić information content (AvgIpc) is 3.08. The average molecular weight is 368 g/mol. The number of nitrogens with zero attached hydrogens (tertiary/aromatic N) is 1. The Labute approximate surface area is 159 Å². The molecule has 1 unspecified atom stereocenters. The molecule has 0 aromatic heterocycles. The molecule has 6 nitrogen and oxygen atoms in total. The Morgan fingerprint density at radius 1 is 1.11 bits per heavy atom. The zero-order valence-electron chi connectivity index (χ0n) is 15.8. The quantitative estimate of drug-likeness (QED) is 0.851. The minimum atomic E-state index is -0.355. The molecule has 1 aliphatic rings. The van der Waals surface area contributed by atoms with Gasteiger partial charge in [0.15, 0.2) is 0 Å². The monoisotopic (exact) mass is 368 g/mol. The van der Waals surface area contributed by atoms with Crippen LogP contribution in [0.4, 0.5) is 5.69 Å². The van der Waals surface area contributed by atoms with Gasteiger partial charge in [0.2, 0.25) is 11.8 Å². The van der Waals surface area contributed by atoms with Crippen molar-refractivity contribution < 1.29 is 19.1 Å². The highest BCUT2D eigenvalue weighted by Gasteiger charge is 2.34. The van der Waals surface area contributed by atoms with Crippen molar-refractivity contribution in [1.82, 2.24) is 5.32 Å². The van der Waals surface area contributed by atoms with Gasteiger partial charge in [-0.15, -0.1) is 0 Å². The Balaban J connectivity index is 1.62. The van der Waals surface area contributed by atoms with Crippen LogP contribution in [-0.4, -0.2) is 32.6 Å². The molecule has 1 saturated heterocycles. The molecule has 0 radical (unpaired) electrons. The Hall–Kier alpha value is -3.02. The number of rotatable bonds is 6. The number of carbonyl (C=O) groups is 2. The summed E-state index contributed by atoms with van der Waals surface area (Å²) < 4.78 is 10.5. The van der Waals surface area contributed by atoms with Crippen molar-refractivity contribution in [3.63, 3.8) is 0 Å². The van der Waals surface area contributed by atoms with Gasteiger partial charge in [0.1, 0.15) is 11.5 Å². The summed E-state index contributed by atoms with van der Waals surface area (Å²) in [5, 5.41) is 2.92. The van der Waals surface area contributed by atoms with E-state index in [2.05, 4.69) is 5.32 Å². The van der Waals surface area contributed by atoms with Crippen molar-refractivity contribution in [3.8, 4) is 11.5 Å². The van der Waals surface area contributed by atoms with Gasteiger partial charge in [-0.2, -0.15) is 0 Å². The van der Waals surface area contributed by atoms with Gasteiger partial charge in [0.25, 0.3) is 0 Å². The first-order valence-corrected chi connectivity index (χ1v) is 8.87. The Morgan fingerprint density at radius 3 is 2.33 bits per heavy atom. The van der Waals surface area contributed by atoms with Crippen molar-refractivity contribution in [1.29, 1.82) is 0 Å². The van der Waals surface area contributed by atoms with Crippen molar-refractivity contribution in [2.24, 2.45) is 5.92 Å². The van der Waals surface area contributed by atoms with Crippen LogP contribution < -0.4 is 19.7 Å². The molecule has 1 aliphatic heterocycles. The molecule has 2 aromatic carbocycles. The second-order valence-electron chi connectivity index (χ2n) is 6.68. The van der Waals surface area contributed by atoms with Gasteiger partial charge in [-0.05, 0) is 36.8 Å². The van der Waals surface area contributed by atoms with Gasteiger partial charge in [-0.1, -0.05) is 17.7 Å². The predicted octanol–water partition coefficient (Wildman–Crippen LogP) is 2.68. The Kier molecular flexibility index (Phi) is 5.64. The van der Waals surface area contributed by atoms with E-state index in [0.717, 1.165) is 16.8 Å². The molecule has 1 fully saturated rings. The molecule has 0 saturated carbocycles. The SMILES string of the molecule is COc1cc(CNC(=O)C2CC(=O)N(c3ccc(C)cc3)C2)cc(OC)c1. The molecular formula is C21H24N2O4. The Morgan fingerprint density at radius 2 is 1.74 bits per heavy atom. The molecule has 2 aromatic rings. The van der Waals surface area contributed by atoms with Gasteiger partial charge in [-0.25, -0.2) is 0 Å². The molecule has 1 atom stereocenters. The number of anilines is 1. The first-order valence-electron chi connectivity index (χ1n) is 8.87.